The highest BCUT2D eigenvalue weighted by Crippen LogP contribution is 2.26. The lowest BCUT2D eigenvalue weighted by Gasteiger charge is -2.10. The summed E-state index contributed by atoms with van der Waals surface area (Å²) in [6.07, 6.45) is 0. The van der Waals surface area contributed by atoms with Gasteiger partial charge in [-0.3, -0.25) is 14.9 Å². The second-order valence-electron chi connectivity index (χ2n) is 4.55. The summed E-state index contributed by atoms with van der Waals surface area (Å²) in [6.45, 7) is 1.39. The molecule has 2 rings (SSSR count). The van der Waals surface area contributed by atoms with Crippen LogP contribution in [0.2, 0.25) is 0 Å². The molecule has 112 valence electrons. The first-order valence-electron chi connectivity index (χ1n) is 6.50. The largest absolute Gasteiger partial charge is 0.512 e. The number of allylic oxidation sites excluding steroid dienone is 1. The topological polar surface area (TPSA) is 92.5 Å². The minimum absolute atomic E-state index is 0.0683. The molecule has 2 aromatic carbocycles. The van der Waals surface area contributed by atoms with E-state index in [0.29, 0.717) is 5.56 Å². The number of benzene rings is 2. The van der Waals surface area contributed by atoms with Crippen LogP contribution in [0.3, 0.4) is 0 Å². The normalized spacial score (nSPS) is 11.5. The van der Waals surface area contributed by atoms with Crippen molar-refractivity contribution in [1.29, 1.82) is 0 Å². The number of carbonyl (C=O) groups excluding carboxylic acids is 1. The monoisotopic (exact) mass is 298 g/mol. The third-order valence-corrected chi connectivity index (χ3v) is 3.00. The minimum atomic E-state index is -0.611. The molecule has 0 aromatic heterocycles. The molecule has 2 aromatic rings. The number of anilines is 1. The Hall–Kier alpha value is -3.15. The van der Waals surface area contributed by atoms with E-state index in [9.17, 15) is 20.0 Å². The summed E-state index contributed by atoms with van der Waals surface area (Å²) in [4.78, 5) is 22.8. The van der Waals surface area contributed by atoms with Gasteiger partial charge in [0.1, 0.15) is 11.4 Å². The standard InChI is InChI=1S/C16H14N2O4/c1-11(19)15(12-7-3-2-4-8-12)16(20)17-13-9-5-6-10-14(13)18(21)22/h2-10,19H,1H3,(H,17,20). The summed E-state index contributed by atoms with van der Waals surface area (Å²) >= 11 is 0. The van der Waals surface area contributed by atoms with Gasteiger partial charge in [0.2, 0.25) is 0 Å². The van der Waals surface area contributed by atoms with E-state index in [1.807, 2.05) is 0 Å². The lowest BCUT2D eigenvalue weighted by atomic mass is 10.0. The molecule has 0 fully saturated rings. The van der Waals surface area contributed by atoms with Crippen LogP contribution >= 0.6 is 0 Å². The predicted octanol–water partition coefficient (Wildman–Crippen LogP) is 3.52. The molecule has 0 atom stereocenters. The number of nitro benzene ring substituents is 1. The van der Waals surface area contributed by atoms with E-state index in [1.165, 1.54) is 25.1 Å². The number of hydrogen-bond acceptors (Lipinski definition) is 4. The molecule has 0 radical (unpaired) electrons. The first-order chi connectivity index (χ1) is 10.5. The Morgan fingerprint density at radius 1 is 1.09 bits per heavy atom. The van der Waals surface area contributed by atoms with Crippen LogP contribution in [0.25, 0.3) is 5.57 Å². The summed E-state index contributed by atoms with van der Waals surface area (Å²) < 4.78 is 0. The number of carbonyl (C=O) groups is 1. The number of hydrogen-bond donors (Lipinski definition) is 2. The third-order valence-electron chi connectivity index (χ3n) is 3.00. The molecule has 0 spiro atoms. The summed E-state index contributed by atoms with van der Waals surface area (Å²) in [5.74, 6) is -0.775. The number of rotatable bonds is 4. The van der Waals surface area contributed by atoms with E-state index in [1.54, 1.807) is 36.4 Å². The highest BCUT2D eigenvalue weighted by molar-refractivity contribution is 6.26. The van der Waals surface area contributed by atoms with Gasteiger partial charge >= 0.3 is 0 Å². The molecule has 0 aliphatic rings. The molecule has 0 aliphatic heterocycles. The van der Waals surface area contributed by atoms with Gasteiger partial charge in [0.15, 0.2) is 0 Å². The zero-order valence-corrected chi connectivity index (χ0v) is 11.8. The van der Waals surface area contributed by atoms with Gasteiger partial charge in [-0.2, -0.15) is 0 Å². The van der Waals surface area contributed by atoms with Crippen LogP contribution in [0.1, 0.15) is 12.5 Å². The molecule has 22 heavy (non-hydrogen) atoms. The smallest absolute Gasteiger partial charge is 0.292 e. The summed E-state index contributed by atoms with van der Waals surface area (Å²) in [7, 11) is 0. The van der Waals surface area contributed by atoms with Gasteiger partial charge in [-0.1, -0.05) is 42.5 Å². The number of amides is 1. The Labute approximate surface area is 126 Å². The maximum atomic E-state index is 12.4. The molecule has 0 unspecified atom stereocenters. The van der Waals surface area contributed by atoms with E-state index >= 15 is 0 Å². The maximum absolute atomic E-state index is 12.4. The highest BCUT2D eigenvalue weighted by Gasteiger charge is 2.19. The highest BCUT2D eigenvalue weighted by atomic mass is 16.6. The lowest BCUT2D eigenvalue weighted by Crippen LogP contribution is -2.16. The quantitative estimate of drug-likeness (QED) is 0.391. The molecule has 2 N–H and O–H groups in total. The number of para-hydroxylation sites is 2. The zero-order valence-electron chi connectivity index (χ0n) is 11.8. The van der Waals surface area contributed by atoms with Crippen LogP contribution in [0.15, 0.2) is 60.4 Å². The van der Waals surface area contributed by atoms with Gasteiger partial charge in [0.05, 0.1) is 10.5 Å². The van der Waals surface area contributed by atoms with Crippen LogP contribution < -0.4 is 5.32 Å². The van der Waals surface area contributed by atoms with E-state index < -0.39 is 10.8 Å². The Kier molecular flexibility index (Phi) is 4.53. The van der Waals surface area contributed by atoms with Crippen molar-refractivity contribution in [3.05, 3.63) is 76.0 Å². The average Bonchev–Trinajstić information content (AvgIpc) is 2.48. The van der Waals surface area contributed by atoms with Crippen LogP contribution in [0.4, 0.5) is 11.4 Å². The third kappa shape index (κ3) is 3.29. The molecular formula is C16H14N2O4. The van der Waals surface area contributed by atoms with Gasteiger partial charge in [-0.15, -0.1) is 0 Å². The van der Waals surface area contributed by atoms with Gasteiger partial charge in [-0.05, 0) is 18.6 Å². The maximum Gasteiger partial charge on any atom is 0.292 e. The summed E-state index contributed by atoms with van der Waals surface area (Å²) in [5, 5.41) is 23.2. The second-order valence-corrected chi connectivity index (χ2v) is 4.55. The Bertz CT molecular complexity index is 735. The molecule has 6 heteroatoms. The van der Waals surface area contributed by atoms with Crippen LogP contribution in [0.5, 0.6) is 0 Å². The summed E-state index contributed by atoms with van der Waals surface area (Å²) in [6, 6.07) is 14.4. The van der Waals surface area contributed by atoms with Gasteiger partial charge < -0.3 is 10.4 Å². The molecule has 1 amide bonds. The lowest BCUT2D eigenvalue weighted by molar-refractivity contribution is -0.383. The fourth-order valence-electron chi connectivity index (χ4n) is 2.03. The SMILES string of the molecule is CC(O)=C(C(=O)Nc1ccccc1[N+](=O)[O-])c1ccccc1. The molecule has 0 heterocycles. The minimum Gasteiger partial charge on any atom is -0.512 e. The fourth-order valence-corrected chi connectivity index (χ4v) is 2.03. The van der Waals surface area contributed by atoms with Crippen molar-refractivity contribution in [2.24, 2.45) is 0 Å². The first kappa shape index (κ1) is 15.2. The predicted molar refractivity (Wildman–Crippen MR) is 83.4 cm³/mol. The van der Waals surface area contributed by atoms with Crippen molar-refractivity contribution in [3.63, 3.8) is 0 Å². The van der Waals surface area contributed by atoms with Gasteiger partial charge in [0, 0.05) is 6.07 Å². The van der Waals surface area contributed by atoms with E-state index in [0.717, 1.165) is 0 Å². The first-order valence-corrected chi connectivity index (χ1v) is 6.50. The van der Waals surface area contributed by atoms with E-state index in [4.69, 9.17) is 0 Å². The molecule has 0 saturated carbocycles. The van der Waals surface area contributed by atoms with Crippen molar-refractivity contribution in [2.45, 2.75) is 6.92 Å². The van der Waals surface area contributed by atoms with Crippen molar-refractivity contribution in [1.82, 2.24) is 0 Å². The Morgan fingerprint density at radius 3 is 2.27 bits per heavy atom. The Morgan fingerprint density at radius 2 is 1.68 bits per heavy atom. The number of nitro groups is 1. The number of nitrogens with zero attached hydrogens (tertiary/aromatic N) is 1. The van der Waals surface area contributed by atoms with Crippen molar-refractivity contribution in [2.75, 3.05) is 5.32 Å². The molecule has 6 nitrogen and oxygen atoms in total. The second kappa shape index (κ2) is 6.53. The van der Waals surface area contributed by atoms with Crippen molar-refractivity contribution in [3.8, 4) is 0 Å². The van der Waals surface area contributed by atoms with Crippen molar-refractivity contribution < 1.29 is 14.8 Å². The number of aliphatic hydroxyl groups excluding tert-OH is 1. The number of aliphatic hydroxyl groups is 1. The molecule has 0 saturated heterocycles. The summed E-state index contributed by atoms with van der Waals surface area (Å²) in [5.41, 5.74) is 0.461. The van der Waals surface area contributed by atoms with Crippen LogP contribution in [-0.2, 0) is 4.79 Å². The van der Waals surface area contributed by atoms with Crippen molar-refractivity contribution >= 4 is 22.9 Å². The molecule has 0 bridgehead atoms. The molecule has 0 aliphatic carbocycles. The fraction of sp³-hybridized carbons (Fsp3) is 0.0625. The van der Waals surface area contributed by atoms with Gasteiger partial charge in [0.25, 0.3) is 11.6 Å². The van der Waals surface area contributed by atoms with E-state index in [2.05, 4.69) is 5.32 Å². The number of nitrogens with one attached hydrogen (secondary N) is 1. The Balaban J connectivity index is 2.36. The molecular weight excluding hydrogens is 284 g/mol. The van der Waals surface area contributed by atoms with Gasteiger partial charge in [-0.25, -0.2) is 0 Å². The van der Waals surface area contributed by atoms with E-state index in [-0.39, 0.29) is 22.7 Å². The van der Waals surface area contributed by atoms with Crippen LogP contribution in [-0.4, -0.2) is 15.9 Å². The zero-order chi connectivity index (χ0) is 16.1. The average molecular weight is 298 g/mol. The van der Waals surface area contributed by atoms with Crippen LogP contribution in [0, 0.1) is 10.1 Å².